The molecule has 0 spiro atoms. The average Bonchev–Trinajstić information content (AvgIpc) is 3.07. The molecular formula is C15H25N3. The minimum absolute atomic E-state index is 0.286. The summed E-state index contributed by atoms with van der Waals surface area (Å²) in [6, 6.07) is 8.94. The molecule has 0 aliphatic heterocycles. The van der Waals surface area contributed by atoms with Crippen LogP contribution in [0.1, 0.15) is 24.9 Å². The van der Waals surface area contributed by atoms with Crippen LogP contribution in [-0.4, -0.2) is 27.2 Å². The SMILES string of the molecule is CC1CC1CNC(CN)c1ccc(N(C)C)cc1. The molecule has 1 aromatic carbocycles. The van der Waals surface area contributed by atoms with Crippen LogP contribution in [0.25, 0.3) is 0 Å². The molecule has 0 heterocycles. The van der Waals surface area contributed by atoms with Crippen molar-refractivity contribution < 1.29 is 0 Å². The maximum absolute atomic E-state index is 5.87. The van der Waals surface area contributed by atoms with Crippen LogP contribution in [0.3, 0.4) is 0 Å². The molecule has 0 amide bonds. The van der Waals surface area contributed by atoms with Gasteiger partial charge >= 0.3 is 0 Å². The van der Waals surface area contributed by atoms with Gasteiger partial charge < -0.3 is 16.0 Å². The van der Waals surface area contributed by atoms with E-state index < -0.39 is 0 Å². The smallest absolute Gasteiger partial charge is 0.0444 e. The van der Waals surface area contributed by atoms with Gasteiger partial charge in [0.15, 0.2) is 0 Å². The van der Waals surface area contributed by atoms with Gasteiger partial charge in [0.2, 0.25) is 0 Å². The quantitative estimate of drug-likeness (QED) is 0.808. The summed E-state index contributed by atoms with van der Waals surface area (Å²) in [6.45, 7) is 4.07. The Hall–Kier alpha value is -1.06. The minimum Gasteiger partial charge on any atom is -0.378 e. The molecule has 0 aromatic heterocycles. The van der Waals surface area contributed by atoms with Gasteiger partial charge in [-0.25, -0.2) is 0 Å². The van der Waals surface area contributed by atoms with E-state index in [9.17, 15) is 0 Å². The Balaban J connectivity index is 1.93. The van der Waals surface area contributed by atoms with Gasteiger partial charge in [-0.15, -0.1) is 0 Å². The third-order valence-electron chi connectivity index (χ3n) is 3.95. The van der Waals surface area contributed by atoms with Crippen LogP contribution in [0.15, 0.2) is 24.3 Å². The van der Waals surface area contributed by atoms with Gasteiger partial charge in [-0.05, 0) is 42.5 Å². The lowest BCUT2D eigenvalue weighted by Gasteiger charge is -2.19. The predicted molar refractivity (Wildman–Crippen MR) is 77.8 cm³/mol. The van der Waals surface area contributed by atoms with Crippen LogP contribution >= 0.6 is 0 Å². The van der Waals surface area contributed by atoms with Gasteiger partial charge in [-0.2, -0.15) is 0 Å². The molecule has 3 nitrogen and oxygen atoms in total. The fraction of sp³-hybridized carbons (Fsp3) is 0.600. The first kappa shape index (κ1) is 13.4. The number of nitrogens with one attached hydrogen (secondary N) is 1. The van der Waals surface area contributed by atoms with Crippen molar-refractivity contribution in [1.29, 1.82) is 0 Å². The van der Waals surface area contributed by atoms with Gasteiger partial charge in [0.25, 0.3) is 0 Å². The fourth-order valence-corrected chi connectivity index (χ4v) is 2.32. The number of rotatable bonds is 6. The van der Waals surface area contributed by atoms with E-state index in [4.69, 9.17) is 5.73 Å². The van der Waals surface area contributed by atoms with Gasteiger partial charge in [-0.3, -0.25) is 0 Å². The van der Waals surface area contributed by atoms with E-state index in [1.165, 1.54) is 17.7 Å². The molecule has 1 aromatic rings. The second kappa shape index (κ2) is 5.72. The zero-order valence-electron chi connectivity index (χ0n) is 11.7. The topological polar surface area (TPSA) is 41.3 Å². The van der Waals surface area contributed by atoms with Crippen LogP contribution in [-0.2, 0) is 0 Å². The lowest BCUT2D eigenvalue weighted by molar-refractivity contribution is 0.511. The molecule has 0 saturated heterocycles. The largest absolute Gasteiger partial charge is 0.378 e. The number of nitrogens with zero attached hydrogens (tertiary/aromatic N) is 1. The first-order valence-electron chi connectivity index (χ1n) is 6.82. The van der Waals surface area contributed by atoms with Gasteiger partial charge in [-0.1, -0.05) is 19.1 Å². The van der Waals surface area contributed by atoms with Crippen LogP contribution in [0, 0.1) is 11.8 Å². The third-order valence-corrected chi connectivity index (χ3v) is 3.95. The molecule has 1 fully saturated rings. The summed E-state index contributed by atoms with van der Waals surface area (Å²) < 4.78 is 0. The Labute approximate surface area is 110 Å². The highest BCUT2D eigenvalue weighted by Crippen LogP contribution is 2.37. The van der Waals surface area contributed by atoms with Crippen LogP contribution < -0.4 is 16.0 Å². The van der Waals surface area contributed by atoms with Gasteiger partial charge in [0.05, 0.1) is 0 Å². The Bertz CT molecular complexity index is 372. The standard InChI is InChI=1S/C15H25N3/c1-11-8-13(11)10-17-15(9-16)12-4-6-14(7-5-12)18(2)3/h4-7,11,13,15,17H,8-10,16H2,1-3H3. The Morgan fingerprint density at radius 2 is 1.94 bits per heavy atom. The van der Waals surface area contributed by atoms with Crippen LogP contribution in [0.2, 0.25) is 0 Å². The molecule has 0 bridgehead atoms. The monoisotopic (exact) mass is 247 g/mol. The molecule has 18 heavy (non-hydrogen) atoms. The molecule has 1 aliphatic rings. The fourth-order valence-electron chi connectivity index (χ4n) is 2.32. The summed E-state index contributed by atoms with van der Waals surface area (Å²) >= 11 is 0. The molecule has 1 aliphatic carbocycles. The summed E-state index contributed by atoms with van der Waals surface area (Å²) in [4.78, 5) is 2.11. The zero-order valence-corrected chi connectivity index (χ0v) is 11.7. The molecule has 3 heteroatoms. The molecule has 2 rings (SSSR count). The first-order chi connectivity index (χ1) is 8.61. The first-order valence-corrected chi connectivity index (χ1v) is 6.82. The number of anilines is 1. The Morgan fingerprint density at radius 3 is 2.39 bits per heavy atom. The van der Waals surface area contributed by atoms with Crippen molar-refractivity contribution in [3.63, 3.8) is 0 Å². The van der Waals surface area contributed by atoms with Crippen LogP contribution in [0.4, 0.5) is 5.69 Å². The molecule has 0 radical (unpaired) electrons. The lowest BCUT2D eigenvalue weighted by Crippen LogP contribution is -2.30. The Morgan fingerprint density at radius 1 is 1.33 bits per heavy atom. The van der Waals surface area contributed by atoms with Crippen molar-refractivity contribution in [1.82, 2.24) is 5.32 Å². The summed E-state index contributed by atoms with van der Waals surface area (Å²) in [7, 11) is 4.12. The van der Waals surface area contributed by atoms with Crippen molar-refractivity contribution in [3.05, 3.63) is 29.8 Å². The van der Waals surface area contributed by atoms with E-state index in [2.05, 4.69) is 55.5 Å². The summed E-state index contributed by atoms with van der Waals surface area (Å²) in [5.74, 6) is 1.76. The van der Waals surface area contributed by atoms with Crippen molar-refractivity contribution in [2.45, 2.75) is 19.4 Å². The van der Waals surface area contributed by atoms with E-state index in [1.807, 2.05) is 0 Å². The van der Waals surface area contributed by atoms with Crippen molar-refractivity contribution >= 4 is 5.69 Å². The Kier molecular flexibility index (Phi) is 4.25. The van der Waals surface area contributed by atoms with E-state index in [1.54, 1.807) is 0 Å². The predicted octanol–water partition coefficient (Wildman–Crippen LogP) is 2.00. The van der Waals surface area contributed by atoms with E-state index >= 15 is 0 Å². The van der Waals surface area contributed by atoms with Gasteiger partial charge in [0.1, 0.15) is 0 Å². The highest BCUT2D eigenvalue weighted by molar-refractivity contribution is 5.46. The average molecular weight is 247 g/mol. The lowest BCUT2D eigenvalue weighted by atomic mass is 10.1. The maximum Gasteiger partial charge on any atom is 0.0444 e. The summed E-state index contributed by atoms with van der Waals surface area (Å²) in [5, 5.41) is 3.59. The van der Waals surface area contributed by atoms with Crippen molar-refractivity contribution in [3.8, 4) is 0 Å². The van der Waals surface area contributed by atoms with Crippen LogP contribution in [0.5, 0.6) is 0 Å². The number of benzene rings is 1. The van der Waals surface area contributed by atoms with Crippen molar-refractivity contribution in [2.75, 3.05) is 32.1 Å². The second-order valence-electron chi connectivity index (χ2n) is 5.66. The molecule has 100 valence electrons. The highest BCUT2D eigenvalue weighted by atomic mass is 15.1. The van der Waals surface area contributed by atoms with Crippen molar-refractivity contribution in [2.24, 2.45) is 17.6 Å². The number of nitrogens with two attached hydrogens (primary N) is 1. The molecule has 3 atom stereocenters. The van der Waals surface area contributed by atoms with E-state index in [0.29, 0.717) is 6.54 Å². The van der Waals surface area contributed by atoms with E-state index in [-0.39, 0.29) is 6.04 Å². The van der Waals surface area contributed by atoms with E-state index in [0.717, 1.165) is 18.4 Å². The molecule has 1 saturated carbocycles. The van der Waals surface area contributed by atoms with Gasteiger partial charge in [0, 0.05) is 32.4 Å². The number of hydrogen-bond acceptors (Lipinski definition) is 3. The molecule has 3 N–H and O–H groups in total. The second-order valence-corrected chi connectivity index (χ2v) is 5.66. The minimum atomic E-state index is 0.286. The zero-order chi connectivity index (χ0) is 13.1. The normalized spacial score (nSPS) is 23.8. The summed E-state index contributed by atoms with van der Waals surface area (Å²) in [6.07, 6.45) is 1.36. The molecular weight excluding hydrogens is 222 g/mol. The third kappa shape index (κ3) is 3.24. The number of hydrogen-bond donors (Lipinski definition) is 2. The summed E-state index contributed by atoms with van der Waals surface area (Å²) in [5.41, 5.74) is 8.39. The maximum atomic E-state index is 5.87. The highest BCUT2D eigenvalue weighted by Gasteiger charge is 2.32. The molecule has 3 unspecified atom stereocenters.